The molecule has 1 fully saturated rings. The molecule has 0 radical (unpaired) electrons. The van der Waals surface area contributed by atoms with Gasteiger partial charge in [-0.3, -0.25) is 4.79 Å². The molecule has 2 aliphatic heterocycles. The van der Waals surface area contributed by atoms with Gasteiger partial charge in [-0.05, 0) is 45.1 Å². The minimum atomic E-state index is 0. The summed E-state index contributed by atoms with van der Waals surface area (Å²) in [4.78, 5) is 28.0. The Morgan fingerprint density at radius 1 is 0.973 bits per heavy atom. The van der Waals surface area contributed by atoms with E-state index in [4.69, 9.17) is 20.3 Å². The first-order chi connectivity index (χ1) is 16.8. The van der Waals surface area contributed by atoms with Gasteiger partial charge in [0.2, 0.25) is 0 Å². The second-order valence-corrected chi connectivity index (χ2v) is 9.91. The van der Waals surface area contributed by atoms with Crippen LogP contribution >= 0.6 is 0 Å². The van der Waals surface area contributed by atoms with Gasteiger partial charge >= 0.3 is 23.1 Å². The molecule has 1 saturated heterocycles. The Labute approximate surface area is 235 Å². The van der Waals surface area contributed by atoms with Crippen LogP contribution in [0.1, 0.15) is 95.1 Å². The first kappa shape index (κ1) is 27.1. The molecule has 0 aromatic carbocycles. The zero-order valence-corrected chi connectivity index (χ0v) is 23.0. The summed E-state index contributed by atoms with van der Waals surface area (Å²) < 4.78 is 0. The van der Waals surface area contributed by atoms with E-state index in [9.17, 15) is 4.79 Å². The molecule has 3 aromatic rings. The van der Waals surface area contributed by atoms with Gasteiger partial charge in [0, 0.05) is 12.0 Å². The zero-order chi connectivity index (χ0) is 24.6. The predicted molar refractivity (Wildman–Crippen MR) is 153 cm³/mol. The van der Waals surface area contributed by atoms with Gasteiger partial charge in [0.05, 0.1) is 0 Å². The van der Waals surface area contributed by atoms with Gasteiger partial charge in [0.25, 0.3) is 0 Å². The molecule has 186 valence electrons. The number of ketones is 1. The van der Waals surface area contributed by atoms with E-state index in [0.717, 1.165) is 91.1 Å². The van der Waals surface area contributed by atoms with Gasteiger partial charge in [0.15, 0.2) is 5.78 Å². The Kier molecular flexibility index (Phi) is 7.12. The summed E-state index contributed by atoms with van der Waals surface area (Å²) >= 11 is 0. The van der Waals surface area contributed by atoms with E-state index in [1.807, 2.05) is 19.1 Å². The van der Waals surface area contributed by atoms with Gasteiger partial charge in [-0.25, -0.2) is 0 Å². The molecule has 3 aromatic heterocycles. The molecule has 0 saturated carbocycles. The van der Waals surface area contributed by atoms with Crippen LogP contribution < -0.4 is 25.7 Å². The van der Waals surface area contributed by atoms with Gasteiger partial charge in [-0.15, -0.1) is 33.5 Å². The number of fused-ring (bicyclic) bond motifs is 7. The van der Waals surface area contributed by atoms with Crippen LogP contribution in [-0.2, 0) is 6.42 Å². The van der Waals surface area contributed by atoms with Gasteiger partial charge in [0.1, 0.15) is 0 Å². The molecule has 1 atom stereocenters. The molecule has 5 nitrogen and oxygen atoms in total. The van der Waals surface area contributed by atoms with E-state index in [0.29, 0.717) is 6.42 Å². The monoisotopic (exact) mass is 500 g/mol. The minimum Gasteiger partial charge on any atom is -0.664 e. The summed E-state index contributed by atoms with van der Waals surface area (Å²) in [5, 5.41) is 6.84. The Hall–Kier alpha value is -2.96. The van der Waals surface area contributed by atoms with Crippen LogP contribution in [0.2, 0.25) is 0 Å². The molecular formula is C31H32MgN4O-2. The van der Waals surface area contributed by atoms with E-state index < -0.39 is 0 Å². The molecule has 37 heavy (non-hydrogen) atoms. The third-order valence-electron chi connectivity index (χ3n) is 7.83. The molecule has 0 unspecified atom stereocenters. The number of allylic oxidation sites excluding steroid dienone is 3. The van der Waals surface area contributed by atoms with Crippen LogP contribution in [0.4, 0.5) is 0 Å². The molecule has 5 heterocycles. The Morgan fingerprint density at radius 2 is 1.68 bits per heavy atom. The fourth-order valence-electron chi connectivity index (χ4n) is 5.75. The molecule has 6 rings (SSSR count). The molecule has 8 bridgehead atoms. The Balaban J connectivity index is 0.00000160. The van der Waals surface area contributed by atoms with Crippen molar-refractivity contribution in [2.45, 2.75) is 61.3 Å². The van der Waals surface area contributed by atoms with Crippen LogP contribution in [0.25, 0.3) is 35.2 Å². The number of carbonyl (C=O) groups is 1. The smallest absolute Gasteiger partial charge is 0.664 e. The van der Waals surface area contributed by atoms with E-state index in [-0.39, 0.29) is 42.2 Å². The second kappa shape index (κ2) is 9.73. The van der Waals surface area contributed by atoms with Crippen molar-refractivity contribution in [3.05, 3.63) is 90.1 Å². The van der Waals surface area contributed by atoms with E-state index >= 15 is 0 Å². The number of nitrogens with zero attached hydrogens (tertiary/aromatic N) is 4. The first-order valence-electron chi connectivity index (χ1n) is 12.3. The average molecular weight is 501 g/mol. The van der Waals surface area contributed by atoms with Crippen LogP contribution in [0.3, 0.4) is 0 Å². The number of rotatable bonds is 2. The maximum Gasteiger partial charge on any atom is 2.00 e. The SMILES string of the molecule is C.C=Cc1c2[n-]c(c1C)/C=C1\[N-]/C(=C3/CC(=O)c4c3[n-]c(c4C)/C=c3\[n-]/c(c(C)c3CC)=C\2)C[C@@H]1C.[Mg+2]. The summed E-state index contributed by atoms with van der Waals surface area (Å²) in [5.41, 5.74) is 12.5. The first-order valence-corrected chi connectivity index (χ1v) is 12.3. The number of carbonyl (C=O) groups excluding carboxylic acids is 1. The van der Waals surface area contributed by atoms with Crippen LogP contribution in [0.5, 0.6) is 0 Å². The fraction of sp³-hybridized carbons (Fsp3) is 0.323. The van der Waals surface area contributed by atoms with Gasteiger partial charge in [-0.2, -0.15) is 11.4 Å². The number of hydrogen-bond acceptors (Lipinski definition) is 1. The second-order valence-electron chi connectivity index (χ2n) is 9.91. The van der Waals surface area contributed by atoms with Crippen molar-refractivity contribution >= 4 is 58.7 Å². The van der Waals surface area contributed by atoms with Crippen molar-refractivity contribution in [3.63, 3.8) is 0 Å². The van der Waals surface area contributed by atoms with Crippen LogP contribution in [-0.4, -0.2) is 28.8 Å². The Bertz CT molecular complexity index is 1640. The average Bonchev–Trinajstić information content (AvgIpc) is 3.58. The predicted octanol–water partition coefficient (Wildman–Crippen LogP) is 4.67. The van der Waals surface area contributed by atoms with E-state index in [1.165, 1.54) is 5.56 Å². The topological polar surface area (TPSA) is 73.5 Å². The van der Waals surface area contributed by atoms with Crippen LogP contribution in [0, 0.1) is 26.7 Å². The van der Waals surface area contributed by atoms with Crippen molar-refractivity contribution in [2.24, 2.45) is 5.92 Å². The third kappa shape index (κ3) is 4.01. The van der Waals surface area contributed by atoms with Crippen molar-refractivity contribution in [3.8, 4) is 0 Å². The van der Waals surface area contributed by atoms with E-state index in [1.54, 1.807) is 0 Å². The van der Waals surface area contributed by atoms with Gasteiger partial charge in [-0.1, -0.05) is 80.0 Å². The molecule has 6 heteroatoms. The molecule has 0 amide bonds. The maximum atomic E-state index is 13.1. The zero-order valence-electron chi connectivity index (χ0n) is 21.6. The molecule has 1 aliphatic carbocycles. The summed E-state index contributed by atoms with van der Waals surface area (Å²) in [5.74, 6) is 0.386. The minimum absolute atomic E-state index is 0. The quantitative estimate of drug-likeness (QED) is 0.479. The van der Waals surface area contributed by atoms with Gasteiger partial charge < -0.3 is 20.3 Å². The largest absolute Gasteiger partial charge is 2.00 e. The van der Waals surface area contributed by atoms with E-state index in [2.05, 4.69) is 46.4 Å². The van der Waals surface area contributed by atoms with Crippen molar-refractivity contribution in [2.75, 3.05) is 0 Å². The van der Waals surface area contributed by atoms with Crippen molar-refractivity contribution in [1.29, 1.82) is 0 Å². The Morgan fingerprint density at radius 3 is 2.38 bits per heavy atom. The normalized spacial score (nSPS) is 22.6. The molecular weight excluding hydrogens is 469 g/mol. The van der Waals surface area contributed by atoms with Crippen molar-refractivity contribution < 1.29 is 4.79 Å². The summed E-state index contributed by atoms with van der Waals surface area (Å²) in [6.07, 6.45) is 10.1. The summed E-state index contributed by atoms with van der Waals surface area (Å²) in [6.45, 7) is 14.6. The molecule has 0 N–H and O–H groups in total. The fourth-order valence-corrected chi connectivity index (χ4v) is 5.75. The van der Waals surface area contributed by atoms with Crippen molar-refractivity contribution in [1.82, 2.24) is 15.0 Å². The maximum absolute atomic E-state index is 13.1. The number of hydrogen-bond donors (Lipinski definition) is 0. The standard InChI is InChI=1S/C30H29N4O.CH4.Mg/c1-7-18-15(4)22-11-21-14(3)9-25(31-21)20-10-28(35)29-17(6)24(34-30(20)29)13-27-19(8-2)16(5)23(33-27)12-26(18)32-22;;/h7,11-14H,1,8-10H2,2-6H3,(H-,31,34,35);1H4;/q-3;;+2/p-1/b21-11-,23-12-,27-13-;;/t14-;;/m0../s1. The molecule has 3 aliphatic rings. The summed E-state index contributed by atoms with van der Waals surface area (Å²) in [7, 11) is 0. The van der Waals surface area contributed by atoms with Crippen LogP contribution in [0.15, 0.2) is 18.0 Å². The number of aromatic nitrogens is 3. The third-order valence-corrected chi connectivity index (χ3v) is 7.83. The molecule has 0 spiro atoms. The summed E-state index contributed by atoms with van der Waals surface area (Å²) in [6, 6.07) is 0. The number of Topliss-reactive ketones (excluding diaryl/α,β-unsaturated/α-hetero) is 1.